The number of nitrogens with one attached hydrogen (secondary N) is 3. The Morgan fingerprint density at radius 3 is 2.65 bits per heavy atom. The molecule has 0 aromatic rings. The lowest BCUT2D eigenvalue weighted by atomic mass is 9.64. The predicted octanol–water partition coefficient (Wildman–Crippen LogP) is 1.41. The Kier molecular flexibility index (Phi) is 6.23. The third-order valence-corrected chi connectivity index (χ3v) is 5.59. The largest absolute Gasteiger partial charge is 0.351 e. The molecule has 0 aromatic carbocycles. The lowest BCUT2D eigenvalue weighted by Crippen LogP contribution is -2.54. The highest BCUT2D eigenvalue weighted by atomic mass is 35.5. The Bertz CT molecular complexity index is 577. The summed E-state index contributed by atoms with van der Waals surface area (Å²) in [5.74, 6) is -0.151. The van der Waals surface area contributed by atoms with E-state index in [1.807, 2.05) is 0 Å². The van der Waals surface area contributed by atoms with Crippen LogP contribution in [0.3, 0.4) is 0 Å². The highest BCUT2D eigenvalue weighted by molar-refractivity contribution is 6.09. The van der Waals surface area contributed by atoms with E-state index in [1.54, 1.807) is 0 Å². The molecule has 2 aliphatic heterocycles. The first-order valence-electron chi connectivity index (χ1n) is 9.35. The monoisotopic (exact) mass is 386 g/mol. The number of hydrogen-bond donors (Lipinski definition) is 3. The quantitative estimate of drug-likeness (QED) is 0.640. The molecule has 3 rings (SSSR count). The molecule has 8 heteroatoms. The Balaban J connectivity index is 0.00000243. The average Bonchev–Trinajstić information content (AvgIpc) is 2.70. The molecule has 3 atom stereocenters. The number of nitrogens with zero attached hydrogens (tertiary/aromatic N) is 1. The molecule has 7 nitrogen and oxygen atoms in total. The highest BCUT2D eigenvalue weighted by Gasteiger charge is 2.56. The third kappa shape index (κ3) is 4.31. The van der Waals surface area contributed by atoms with Crippen LogP contribution in [0.2, 0.25) is 0 Å². The molecule has 4 amide bonds. The fraction of sp³-hybridized carbons (Fsp3) is 0.833. The number of urea groups is 1. The molecule has 3 fully saturated rings. The van der Waals surface area contributed by atoms with Crippen LogP contribution in [0.1, 0.15) is 52.9 Å². The standard InChI is InChI=1S/C18H30N4O3.ClH/c1-12-7-17(2,3)11-18(8-12)15(24)22(16(25)21-18)10-14(23)20-13-5-4-6-19-9-13;/h12-13,19H,4-11H2,1-3H3,(H,20,23)(H,21,25);1H. The molecule has 2 saturated heterocycles. The summed E-state index contributed by atoms with van der Waals surface area (Å²) in [4.78, 5) is 38.8. The van der Waals surface area contributed by atoms with Crippen LogP contribution in [0.25, 0.3) is 0 Å². The number of carbonyl (C=O) groups is 3. The molecule has 2 heterocycles. The van der Waals surface area contributed by atoms with Gasteiger partial charge in [-0.05, 0) is 50.0 Å². The van der Waals surface area contributed by atoms with Gasteiger partial charge in [-0.3, -0.25) is 14.5 Å². The lowest BCUT2D eigenvalue weighted by Gasteiger charge is -2.43. The summed E-state index contributed by atoms with van der Waals surface area (Å²) in [6.45, 7) is 7.90. The summed E-state index contributed by atoms with van der Waals surface area (Å²) in [7, 11) is 0. The van der Waals surface area contributed by atoms with Crippen molar-refractivity contribution in [1.29, 1.82) is 0 Å². The molecule has 1 spiro atoms. The van der Waals surface area contributed by atoms with Crippen molar-refractivity contribution in [3.8, 4) is 0 Å². The van der Waals surface area contributed by atoms with E-state index in [-0.39, 0.29) is 42.2 Å². The minimum atomic E-state index is -0.842. The van der Waals surface area contributed by atoms with E-state index in [1.165, 1.54) is 0 Å². The zero-order valence-electron chi connectivity index (χ0n) is 15.9. The van der Waals surface area contributed by atoms with Crippen LogP contribution in [-0.2, 0) is 9.59 Å². The number of amides is 4. The van der Waals surface area contributed by atoms with Crippen molar-refractivity contribution in [2.24, 2.45) is 11.3 Å². The number of piperidine rings is 1. The zero-order valence-corrected chi connectivity index (χ0v) is 16.7. The summed E-state index contributed by atoms with van der Waals surface area (Å²) in [6, 6.07) is -0.364. The molecule has 3 N–H and O–H groups in total. The van der Waals surface area contributed by atoms with E-state index in [4.69, 9.17) is 0 Å². The van der Waals surface area contributed by atoms with Gasteiger partial charge in [-0.1, -0.05) is 20.8 Å². The molecule has 0 radical (unpaired) electrons. The van der Waals surface area contributed by atoms with Gasteiger partial charge in [0.1, 0.15) is 12.1 Å². The number of hydrogen-bond acceptors (Lipinski definition) is 4. The van der Waals surface area contributed by atoms with Crippen molar-refractivity contribution in [2.45, 2.75) is 64.5 Å². The fourth-order valence-electron chi connectivity index (χ4n) is 5.04. The second-order valence-electron chi connectivity index (χ2n) is 8.87. The highest BCUT2D eigenvalue weighted by Crippen LogP contribution is 2.46. The van der Waals surface area contributed by atoms with Gasteiger partial charge in [0.15, 0.2) is 0 Å². The minimum Gasteiger partial charge on any atom is -0.351 e. The Labute approximate surface area is 161 Å². The molecule has 3 aliphatic rings. The van der Waals surface area contributed by atoms with E-state index < -0.39 is 11.6 Å². The van der Waals surface area contributed by atoms with Crippen molar-refractivity contribution >= 4 is 30.3 Å². The third-order valence-electron chi connectivity index (χ3n) is 5.59. The normalized spacial score (nSPS) is 33.6. The molecule has 3 unspecified atom stereocenters. The first-order chi connectivity index (χ1) is 11.7. The molecule has 0 bridgehead atoms. The summed E-state index contributed by atoms with van der Waals surface area (Å²) < 4.78 is 0. The predicted molar refractivity (Wildman–Crippen MR) is 101 cm³/mol. The van der Waals surface area contributed by atoms with Gasteiger partial charge in [-0.15, -0.1) is 12.4 Å². The van der Waals surface area contributed by atoms with Gasteiger partial charge < -0.3 is 16.0 Å². The van der Waals surface area contributed by atoms with E-state index in [0.29, 0.717) is 18.8 Å². The summed E-state index contributed by atoms with van der Waals surface area (Å²) >= 11 is 0. The van der Waals surface area contributed by atoms with Crippen molar-refractivity contribution in [1.82, 2.24) is 20.9 Å². The van der Waals surface area contributed by atoms with Gasteiger partial charge in [0.2, 0.25) is 5.91 Å². The lowest BCUT2D eigenvalue weighted by molar-refractivity contribution is -0.137. The fourth-order valence-corrected chi connectivity index (χ4v) is 5.04. The minimum absolute atomic E-state index is 0. The number of rotatable bonds is 3. The number of imide groups is 1. The summed E-state index contributed by atoms with van der Waals surface area (Å²) in [5, 5.41) is 9.07. The maximum Gasteiger partial charge on any atom is 0.325 e. The van der Waals surface area contributed by atoms with Crippen LogP contribution in [0.4, 0.5) is 4.79 Å². The first kappa shape index (κ1) is 21.0. The molecule has 1 saturated carbocycles. The van der Waals surface area contributed by atoms with Crippen molar-refractivity contribution in [2.75, 3.05) is 19.6 Å². The Hall–Kier alpha value is -1.34. The van der Waals surface area contributed by atoms with E-state index in [2.05, 4.69) is 36.7 Å². The average molecular weight is 387 g/mol. The van der Waals surface area contributed by atoms with E-state index >= 15 is 0 Å². The van der Waals surface area contributed by atoms with Crippen LogP contribution >= 0.6 is 12.4 Å². The van der Waals surface area contributed by atoms with E-state index in [9.17, 15) is 14.4 Å². The molecular formula is C18H31ClN4O3. The van der Waals surface area contributed by atoms with Gasteiger partial charge in [-0.25, -0.2) is 4.79 Å². The van der Waals surface area contributed by atoms with Gasteiger partial charge >= 0.3 is 6.03 Å². The van der Waals surface area contributed by atoms with Crippen LogP contribution in [-0.4, -0.2) is 54.0 Å². The van der Waals surface area contributed by atoms with Crippen LogP contribution < -0.4 is 16.0 Å². The molecule has 1 aliphatic carbocycles. The zero-order chi connectivity index (χ0) is 18.2. The second-order valence-corrected chi connectivity index (χ2v) is 8.87. The van der Waals surface area contributed by atoms with Crippen LogP contribution in [0, 0.1) is 11.3 Å². The van der Waals surface area contributed by atoms with Crippen LogP contribution in [0.5, 0.6) is 0 Å². The molecule has 148 valence electrons. The SMILES string of the molecule is CC1CC(C)(C)CC2(C1)NC(=O)N(CC(=O)NC1CCCNC1)C2=O.Cl. The topological polar surface area (TPSA) is 90.5 Å². The number of halogens is 1. The van der Waals surface area contributed by atoms with Gasteiger partial charge in [0, 0.05) is 12.6 Å². The summed E-state index contributed by atoms with van der Waals surface area (Å²) in [5.41, 5.74) is -0.850. The summed E-state index contributed by atoms with van der Waals surface area (Å²) in [6.07, 6.45) is 4.25. The number of carbonyl (C=O) groups excluding carboxylic acids is 3. The van der Waals surface area contributed by atoms with E-state index in [0.717, 1.165) is 37.3 Å². The maximum absolute atomic E-state index is 13.0. The molecule has 0 aromatic heterocycles. The van der Waals surface area contributed by atoms with Crippen LogP contribution in [0.15, 0.2) is 0 Å². The molecular weight excluding hydrogens is 356 g/mol. The van der Waals surface area contributed by atoms with Gasteiger partial charge in [0.25, 0.3) is 5.91 Å². The van der Waals surface area contributed by atoms with Crippen molar-refractivity contribution in [3.63, 3.8) is 0 Å². The van der Waals surface area contributed by atoms with Gasteiger partial charge in [0.05, 0.1) is 0 Å². The second kappa shape index (κ2) is 7.72. The molecule has 26 heavy (non-hydrogen) atoms. The van der Waals surface area contributed by atoms with Crippen molar-refractivity contribution < 1.29 is 14.4 Å². The Morgan fingerprint density at radius 1 is 1.31 bits per heavy atom. The first-order valence-corrected chi connectivity index (χ1v) is 9.35. The van der Waals surface area contributed by atoms with Crippen molar-refractivity contribution in [3.05, 3.63) is 0 Å². The van der Waals surface area contributed by atoms with Gasteiger partial charge in [-0.2, -0.15) is 0 Å². The Morgan fingerprint density at radius 2 is 2.04 bits per heavy atom. The maximum atomic E-state index is 13.0. The smallest absolute Gasteiger partial charge is 0.325 e.